The lowest BCUT2D eigenvalue weighted by Crippen LogP contribution is -2.39. The summed E-state index contributed by atoms with van der Waals surface area (Å²) in [7, 11) is 1.57. The maximum absolute atomic E-state index is 13.7. The molecule has 28 heavy (non-hydrogen) atoms. The number of nitrogens with one attached hydrogen (secondary N) is 1. The third-order valence-electron chi connectivity index (χ3n) is 3.98. The van der Waals surface area contributed by atoms with Crippen LogP contribution in [0.15, 0.2) is 33.9 Å². The van der Waals surface area contributed by atoms with Crippen molar-refractivity contribution in [1.29, 1.82) is 0 Å². The number of para-hydroxylation sites is 1. The first-order valence-electron chi connectivity index (χ1n) is 8.83. The van der Waals surface area contributed by atoms with E-state index in [-0.39, 0.29) is 47.0 Å². The monoisotopic (exact) mass is 408 g/mol. The number of aromatic nitrogens is 2. The van der Waals surface area contributed by atoms with E-state index in [0.29, 0.717) is 0 Å². The molecule has 10 heteroatoms. The van der Waals surface area contributed by atoms with Gasteiger partial charge in [-0.25, -0.2) is 4.39 Å². The summed E-state index contributed by atoms with van der Waals surface area (Å²) in [6.45, 7) is 1.67. The highest BCUT2D eigenvalue weighted by molar-refractivity contribution is 7.99. The molecule has 1 fully saturated rings. The van der Waals surface area contributed by atoms with E-state index in [1.165, 1.54) is 17.0 Å². The summed E-state index contributed by atoms with van der Waals surface area (Å²) in [4.78, 5) is 25.2. The zero-order valence-electron chi connectivity index (χ0n) is 15.6. The van der Waals surface area contributed by atoms with Crippen molar-refractivity contribution in [3.8, 4) is 5.75 Å². The van der Waals surface area contributed by atoms with Crippen LogP contribution < -0.4 is 10.1 Å². The molecule has 1 saturated carbocycles. The normalized spacial score (nSPS) is 14.4. The Morgan fingerprint density at radius 1 is 1.39 bits per heavy atom. The van der Waals surface area contributed by atoms with Crippen molar-refractivity contribution in [2.45, 2.75) is 37.1 Å². The van der Waals surface area contributed by atoms with Crippen molar-refractivity contribution < 1.29 is 23.1 Å². The molecule has 1 N–H and O–H groups in total. The number of carbonyl (C=O) groups is 2. The number of ether oxygens (including phenoxy) is 1. The summed E-state index contributed by atoms with van der Waals surface area (Å²) in [5.74, 6) is -0.562. The zero-order valence-corrected chi connectivity index (χ0v) is 16.4. The zero-order chi connectivity index (χ0) is 20.1. The number of thioether (sulfide) groups is 1. The highest BCUT2D eigenvalue weighted by Crippen LogP contribution is 2.25. The van der Waals surface area contributed by atoms with Gasteiger partial charge in [0.05, 0.1) is 12.3 Å². The van der Waals surface area contributed by atoms with E-state index in [4.69, 9.17) is 9.15 Å². The quantitative estimate of drug-likeness (QED) is 0.635. The van der Waals surface area contributed by atoms with Crippen LogP contribution in [0.25, 0.3) is 0 Å². The predicted octanol–water partition coefficient (Wildman–Crippen LogP) is 2.18. The fourth-order valence-electron chi connectivity index (χ4n) is 2.26. The second-order valence-electron chi connectivity index (χ2n) is 6.48. The molecule has 1 atom stereocenters. The maximum atomic E-state index is 13.7. The number of amides is 2. The van der Waals surface area contributed by atoms with Gasteiger partial charge in [0, 0.05) is 13.1 Å². The lowest BCUT2D eigenvalue weighted by atomic mass is 10.3. The Morgan fingerprint density at radius 2 is 2.14 bits per heavy atom. The van der Waals surface area contributed by atoms with Crippen molar-refractivity contribution in [1.82, 2.24) is 20.4 Å². The Labute approximate surface area is 165 Å². The third kappa shape index (κ3) is 5.69. The fraction of sp³-hybridized carbons (Fsp3) is 0.444. The van der Waals surface area contributed by atoms with Gasteiger partial charge in [-0.1, -0.05) is 23.9 Å². The minimum absolute atomic E-state index is 0.0124. The average molecular weight is 408 g/mol. The molecule has 0 bridgehead atoms. The Bertz CT molecular complexity index is 842. The van der Waals surface area contributed by atoms with Gasteiger partial charge >= 0.3 is 0 Å². The molecule has 0 radical (unpaired) electrons. The highest BCUT2D eigenvalue weighted by atomic mass is 32.2. The van der Waals surface area contributed by atoms with Gasteiger partial charge in [-0.05, 0) is 31.9 Å². The molecular formula is C18H21FN4O4S. The van der Waals surface area contributed by atoms with Crippen LogP contribution in [0.4, 0.5) is 4.39 Å². The topological polar surface area (TPSA) is 97.6 Å². The SMILES string of the molecule is C[C@@H](Oc1ccccc1F)c1nnc(SCC(=O)N(C)CC(=O)NC2CC2)o1. The van der Waals surface area contributed by atoms with Gasteiger partial charge in [-0.3, -0.25) is 9.59 Å². The van der Waals surface area contributed by atoms with Crippen LogP contribution in [0.2, 0.25) is 0 Å². The minimum Gasteiger partial charge on any atom is -0.478 e. The maximum Gasteiger partial charge on any atom is 0.277 e. The molecular weight excluding hydrogens is 387 g/mol. The summed E-state index contributed by atoms with van der Waals surface area (Å²) in [6, 6.07) is 6.29. The number of halogens is 1. The first-order valence-corrected chi connectivity index (χ1v) is 9.81. The molecule has 8 nitrogen and oxygen atoms in total. The van der Waals surface area contributed by atoms with Gasteiger partial charge in [0.1, 0.15) is 0 Å². The van der Waals surface area contributed by atoms with E-state index in [2.05, 4.69) is 15.5 Å². The molecule has 0 spiro atoms. The molecule has 1 heterocycles. The van der Waals surface area contributed by atoms with Gasteiger partial charge < -0.3 is 19.4 Å². The number of hydrogen-bond donors (Lipinski definition) is 1. The second kappa shape index (κ2) is 9.05. The number of rotatable bonds is 9. The molecule has 2 aromatic rings. The smallest absolute Gasteiger partial charge is 0.277 e. The van der Waals surface area contributed by atoms with Crippen LogP contribution in [0.5, 0.6) is 5.75 Å². The van der Waals surface area contributed by atoms with Crippen molar-refractivity contribution in [3.63, 3.8) is 0 Å². The second-order valence-corrected chi connectivity index (χ2v) is 7.40. The fourth-order valence-corrected chi connectivity index (χ4v) is 2.97. The van der Waals surface area contributed by atoms with Crippen molar-refractivity contribution in [2.24, 2.45) is 0 Å². The number of benzene rings is 1. The highest BCUT2D eigenvalue weighted by Gasteiger charge is 2.24. The number of hydrogen-bond acceptors (Lipinski definition) is 7. The Morgan fingerprint density at radius 3 is 2.86 bits per heavy atom. The Kier molecular flexibility index (Phi) is 6.50. The minimum atomic E-state index is -0.650. The summed E-state index contributed by atoms with van der Waals surface area (Å²) in [5, 5.41) is 10.8. The van der Waals surface area contributed by atoms with Gasteiger partial charge in [-0.15, -0.1) is 10.2 Å². The van der Waals surface area contributed by atoms with Crippen LogP contribution in [-0.4, -0.2) is 52.3 Å². The van der Waals surface area contributed by atoms with Crippen molar-refractivity contribution in [3.05, 3.63) is 36.0 Å². The molecule has 1 aliphatic carbocycles. The first-order chi connectivity index (χ1) is 13.4. The number of carbonyl (C=O) groups excluding carboxylic acids is 2. The molecule has 0 unspecified atom stereocenters. The summed E-state index contributed by atoms with van der Waals surface area (Å²) in [6.07, 6.45) is 1.35. The molecule has 1 aliphatic rings. The van der Waals surface area contributed by atoms with E-state index in [9.17, 15) is 14.0 Å². The number of likely N-dealkylation sites (N-methyl/N-ethyl adjacent to an activating group) is 1. The molecule has 3 rings (SSSR count). The standard InChI is InChI=1S/C18H21FN4O4S/c1-11(26-14-6-4-3-5-13(14)19)17-21-22-18(27-17)28-10-16(25)23(2)9-15(24)20-12-7-8-12/h3-6,11-12H,7-10H2,1-2H3,(H,20,24)/t11-/m1/s1. The van der Waals surface area contributed by atoms with Crippen LogP contribution in [-0.2, 0) is 9.59 Å². The van der Waals surface area contributed by atoms with Crippen molar-refractivity contribution in [2.75, 3.05) is 19.3 Å². The predicted molar refractivity (Wildman–Crippen MR) is 99.3 cm³/mol. The van der Waals surface area contributed by atoms with E-state index in [0.717, 1.165) is 24.6 Å². The van der Waals surface area contributed by atoms with Crippen molar-refractivity contribution >= 4 is 23.6 Å². The van der Waals surface area contributed by atoms with E-state index in [1.807, 2.05) is 0 Å². The van der Waals surface area contributed by atoms with E-state index in [1.54, 1.807) is 26.1 Å². The van der Waals surface area contributed by atoms with Crippen LogP contribution in [0.3, 0.4) is 0 Å². The third-order valence-corrected chi connectivity index (χ3v) is 4.78. The van der Waals surface area contributed by atoms with Gasteiger partial charge in [-0.2, -0.15) is 0 Å². The number of nitrogens with zero attached hydrogens (tertiary/aromatic N) is 3. The lowest BCUT2D eigenvalue weighted by Gasteiger charge is -2.15. The average Bonchev–Trinajstić information content (AvgIpc) is 3.34. The van der Waals surface area contributed by atoms with Gasteiger partial charge in [0.15, 0.2) is 17.7 Å². The Hall–Kier alpha value is -2.62. The molecule has 1 aromatic heterocycles. The van der Waals surface area contributed by atoms with Crippen LogP contribution >= 0.6 is 11.8 Å². The van der Waals surface area contributed by atoms with E-state index >= 15 is 0 Å². The molecule has 0 aliphatic heterocycles. The lowest BCUT2D eigenvalue weighted by molar-refractivity contribution is -0.132. The molecule has 2 amide bonds. The summed E-state index contributed by atoms with van der Waals surface area (Å²) < 4.78 is 24.6. The first kappa shape index (κ1) is 20.1. The van der Waals surface area contributed by atoms with Gasteiger partial charge in [0.2, 0.25) is 11.8 Å². The van der Waals surface area contributed by atoms with E-state index < -0.39 is 11.9 Å². The molecule has 150 valence electrons. The largest absolute Gasteiger partial charge is 0.478 e. The summed E-state index contributed by atoms with van der Waals surface area (Å²) in [5.41, 5.74) is 0. The molecule has 0 saturated heterocycles. The van der Waals surface area contributed by atoms with Crippen LogP contribution in [0, 0.1) is 5.82 Å². The Balaban J connectivity index is 1.46. The molecule has 1 aromatic carbocycles. The van der Waals surface area contributed by atoms with Gasteiger partial charge in [0.25, 0.3) is 11.1 Å². The summed E-state index contributed by atoms with van der Waals surface area (Å²) >= 11 is 1.07. The van der Waals surface area contributed by atoms with Crippen LogP contribution in [0.1, 0.15) is 31.8 Å².